The number of rotatable bonds is 2. The molecule has 1 aliphatic carbocycles. The lowest BCUT2D eigenvalue weighted by Crippen LogP contribution is -2.28. The van der Waals surface area contributed by atoms with E-state index in [0.29, 0.717) is 0 Å². The van der Waals surface area contributed by atoms with Gasteiger partial charge in [0.15, 0.2) is 0 Å². The molecule has 1 saturated carbocycles. The summed E-state index contributed by atoms with van der Waals surface area (Å²) in [5.41, 5.74) is 0. The molecule has 2 unspecified atom stereocenters. The lowest BCUT2D eigenvalue weighted by atomic mass is 10.2. The average Bonchev–Trinajstić information content (AvgIpc) is 2.54. The van der Waals surface area contributed by atoms with Crippen LogP contribution in [0.1, 0.15) is 19.3 Å². The van der Waals surface area contributed by atoms with E-state index in [2.05, 4.69) is 15.3 Å². The highest BCUT2D eigenvalue weighted by Crippen LogP contribution is 2.21. The first kappa shape index (κ1) is 8.44. The maximum atomic E-state index is 9.54. The standard InChI is InChI=1S/C9H13N3O/c13-8-3-1-2-7(8)12-9-4-5-10-6-11-9/h4-8,13H,1-3H2,(H,10,11,12). The van der Waals surface area contributed by atoms with Crippen LogP contribution in [0, 0.1) is 0 Å². The summed E-state index contributed by atoms with van der Waals surface area (Å²) in [4.78, 5) is 7.87. The Labute approximate surface area is 77.0 Å². The summed E-state index contributed by atoms with van der Waals surface area (Å²) < 4.78 is 0. The second kappa shape index (κ2) is 3.70. The Morgan fingerprint density at radius 1 is 1.46 bits per heavy atom. The molecule has 1 aromatic rings. The van der Waals surface area contributed by atoms with Gasteiger partial charge in [-0.3, -0.25) is 0 Å². The quantitative estimate of drug-likeness (QED) is 0.705. The minimum absolute atomic E-state index is 0.162. The molecule has 0 spiro atoms. The molecule has 0 bridgehead atoms. The Hall–Kier alpha value is -1.16. The number of nitrogens with zero attached hydrogens (tertiary/aromatic N) is 2. The summed E-state index contributed by atoms with van der Waals surface area (Å²) in [5.74, 6) is 0.793. The number of aromatic nitrogens is 2. The predicted octanol–water partition coefficient (Wildman–Crippen LogP) is 0.802. The van der Waals surface area contributed by atoms with Gasteiger partial charge in [0.2, 0.25) is 0 Å². The van der Waals surface area contributed by atoms with E-state index in [-0.39, 0.29) is 12.1 Å². The maximum absolute atomic E-state index is 9.54. The first-order valence-electron chi connectivity index (χ1n) is 4.57. The number of anilines is 1. The van der Waals surface area contributed by atoms with E-state index < -0.39 is 0 Å². The molecule has 0 saturated heterocycles. The van der Waals surface area contributed by atoms with Gasteiger partial charge in [-0.1, -0.05) is 0 Å². The van der Waals surface area contributed by atoms with Crippen LogP contribution in [0.15, 0.2) is 18.6 Å². The van der Waals surface area contributed by atoms with E-state index in [1.54, 1.807) is 6.20 Å². The van der Waals surface area contributed by atoms with Crippen LogP contribution in [-0.2, 0) is 0 Å². The number of aliphatic hydroxyl groups is 1. The fraction of sp³-hybridized carbons (Fsp3) is 0.556. The van der Waals surface area contributed by atoms with Crippen LogP contribution < -0.4 is 5.32 Å². The Kier molecular flexibility index (Phi) is 2.40. The van der Waals surface area contributed by atoms with Crippen molar-refractivity contribution in [3.63, 3.8) is 0 Å². The molecule has 1 aromatic heterocycles. The molecule has 1 heterocycles. The summed E-state index contributed by atoms with van der Waals surface area (Å²) in [7, 11) is 0. The van der Waals surface area contributed by atoms with Crippen LogP contribution in [0.25, 0.3) is 0 Å². The van der Waals surface area contributed by atoms with E-state index in [0.717, 1.165) is 25.1 Å². The topological polar surface area (TPSA) is 58.0 Å². The normalized spacial score (nSPS) is 27.5. The van der Waals surface area contributed by atoms with Crippen LogP contribution in [0.4, 0.5) is 5.82 Å². The van der Waals surface area contributed by atoms with E-state index in [9.17, 15) is 5.11 Å². The Balaban J connectivity index is 1.98. The zero-order valence-electron chi connectivity index (χ0n) is 7.35. The number of hydrogen-bond donors (Lipinski definition) is 2. The summed E-state index contributed by atoms with van der Waals surface area (Å²) in [6.45, 7) is 0. The molecule has 4 nitrogen and oxygen atoms in total. The van der Waals surface area contributed by atoms with Gasteiger partial charge >= 0.3 is 0 Å². The second-order valence-corrected chi connectivity index (χ2v) is 3.34. The highest BCUT2D eigenvalue weighted by Gasteiger charge is 2.24. The molecule has 4 heteroatoms. The molecule has 2 rings (SSSR count). The van der Waals surface area contributed by atoms with Gasteiger partial charge in [-0.2, -0.15) is 0 Å². The van der Waals surface area contributed by atoms with Crippen molar-refractivity contribution < 1.29 is 5.11 Å². The Morgan fingerprint density at radius 3 is 3.00 bits per heavy atom. The average molecular weight is 179 g/mol. The van der Waals surface area contributed by atoms with Crippen molar-refractivity contribution in [2.24, 2.45) is 0 Å². The van der Waals surface area contributed by atoms with Crippen molar-refractivity contribution in [3.05, 3.63) is 18.6 Å². The van der Waals surface area contributed by atoms with Gasteiger partial charge in [-0.05, 0) is 25.3 Å². The van der Waals surface area contributed by atoms with Gasteiger partial charge in [0.05, 0.1) is 12.1 Å². The van der Waals surface area contributed by atoms with Crippen LogP contribution in [0.5, 0.6) is 0 Å². The van der Waals surface area contributed by atoms with Crippen molar-refractivity contribution in [2.75, 3.05) is 5.32 Å². The number of nitrogens with one attached hydrogen (secondary N) is 1. The van der Waals surface area contributed by atoms with E-state index in [4.69, 9.17) is 0 Å². The predicted molar refractivity (Wildman–Crippen MR) is 49.3 cm³/mol. The SMILES string of the molecule is OC1CCCC1Nc1ccncn1. The van der Waals surface area contributed by atoms with Crippen LogP contribution >= 0.6 is 0 Å². The lowest BCUT2D eigenvalue weighted by molar-refractivity contribution is 0.171. The van der Waals surface area contributed by atoms with E-state index >= 15 is 0 Å². The van der Waals surface area contributed by atoms with Crippen molar-refractivity contribution in [3.8, 4) is 0 Å². The van der Waals surface area contributed by atoms with Gasteiger partial charge in [-0.25, -0.2) is 9.97 Å². The van der Waals surface area contributed by atoms with Gasteiger partial charge in [0.1, 0.15) is 12.1 Å². The third kappa shape index (κ3) is 1.95. The van der Waals surface area contributed by atoms with Crippen molar-refractivity contribution in [1.82, 2.24) is 9.97 Å². The number of hydrogen-bond acceptors (Lipinski definition) is 4. The zero-order valence-corrected chi connectivity index (χ0v) is 7.35. The first-order valence-corrected chi connectivity index (χ1v) is 4.57. The van der Waals surface area contributed by atoms with Gasteiger partial charge in [0, 0.05) is 6.20 Å². The third-order valence-corrected chi connectivity index (χ3v) is 2.39. The summed E-state index contributed by atoms with van der Waals surface area (Å²) in [6.07, 6.45) is 5.97. The van der Waals surface area contributed by atoms with Gasteiger partial charge in [-0.15, -0.1) is 0 Å². The highest BCUT2D eigenvalue weighted by molar-refractivity contribution is 5.33. The Morgan fingerprint density at radius 2 is 2.38 bits per heavy atom. The first-order chi connectivity index (χ1) is 6.36. The third-order valence-electron chi connectivity index (χ3n) is 2.39. The van der Waals surface area contributed by atoms with Crippen LogP contribution in [0.2, 0.25) is 0 Å². The van der Waals surface area contributed by atoms with Crippen molar-refractivity contribution in [1.29, 1.82) is 0 Å². The fourth-order valence-electron chi connectivity index (χ4n) is 1.67. The molecule has 0 aliphatic heterocycles. The van der Waals surface area contributed by atoms with Gasteiger partial charge in [0.25, 0.3) is 0 Å². The largest absolute Gasteiger partial charge is 0.391 e. The highest BCUT2D eigenvalue weighted by atomic mass is 16.3. The van der Waals surface area contributed by atoms with Crippen molar-refractivity contribution >= 4 is 5.82 Å². The summed E-state index contributed by atoms with van der Waals surface area (Å²) in [5, 5.41) is 12.7. The molecule has 1 fully saturated rings. The molecule has 13 heavy (non-hydrogen) atoms. The van der Waals surface area contributed by atoms with E-state index in [1.165, 1.54) is 6.33 Å². The van der Waals surface area contributed by atoms with E-state index in [1.807, 2.05) is 6.07 Å². The summed E-state index contributed by atoms with van der Waals surface area (Å²) in [6, 6.07) is 1.97. The Bertz CT molecular complexity index is 265. The zero-order chi connectivity index (χ0) is 9.10. The molecular weight excluding hydrogens is 166 g/mol. The van der Waals surface area contributed by atoms with Crippen LogP contribution in [0.3, 0.4) is 0 Å². The van der Waals surface area contributed by atoms with Gasteiger partial charge < -0.3 is 10.4 Å². The molecule has 0 amide bonds. The van der Waals surface area contributed by atoms with Crippen molar-refractivity contribution in [2.45, 2.75) is 31.4 Å². The monoisotopic (exact) mass is 179 g/mol. The smallest absolute Gasteiger partial charge is 0.129 e. The maximum Gasteiger partial charge on any atom is 0.129 e. The summed E-state index contributed by atoms with van der Waals surface area (Å²) >= 11 is 0. The molecule has 2 atom stereocenters. The minimum atomic E-state index is -0.227. The lowest BCUT2D eigenvalue weighted by Gasteiger charge is -2.16. The molecule has 70 valence electrons. The molecule has 0 radical (unpaired) electrons. The molecular formula is C9H13N3O. The number of aliphatic hydroxyl groups excluding tert-OH is 1. The second-order valence-electron chi connectivity index (χ2n) is 3.34. The van der Waals surface area contributed by atoms with Crippen LogP contribution in [-0.4, -0.2) is 27.2 Å². The fourth-order valence-corrected chi connectivity index (χ4v) is 1.67. The molecule has 0 aromatic carbocycles. The molecule has 2 N–H and O–H groups in total. The molecule has 1 aliphatic rings. The minimum Gasteiger partial charge on any atom is -0.391 e.